The first-order valence-electron chi connectivity index (χ1n) is 6.42. The molecule has 0 bridgehead atoms. The fraction of sp³-hybridized carbons (Fsp3) is 0.462. The number of nitrogens with two attached hydrogens (primary N) is 1. The van der Waals surface area contributed by atoms with Gasteiger partial charge in [0.15, 0.2) is 5.13 Å². The molecule has 0 spiro atoms. The third-order valence-electron chi connectivity index (χ3n) is 2.59. The van der Waals surface area contributed by atoms with Crippen molar-refractivity contribution < 1.29 is 9.53 Å². The van der Waals surface area contributed by atoms with E-state index in [9.17, 15) is 4.79 Å². The first kappa shape index (κ1) is 15.3. The molecule has 3 N–H and O–H groups in total. The van der Waals surface area contributed by atoms with Crippen molar-refractivity contribution in [3.05, 3.63) is 11.9 Å². The molecule has 0 fully saturated rings. The lowest BCUT2D eigenvalue weighted by atomic mass is 10.2. The lowest BCUT2D eigenvalue weighted by molar-refractivity contribution is 0.0636. The molecule has 2 aromatic rings. The van der Waals surface area contributed by atoms with E-state index in [1.807, 2.05) is 14.0 Å². The monoisotopic (exact) mass is 309 g/mol. The van der Waals surface area contributed by atoms with Crippen LogP contribution in [0.25, 0.3) is 10.6 Å². The number of rotatable bonds is 2. The van der Waals surface area contributed by atoms with Gasteiger partial charge in [-0.3, -0.25) is 10.00 Å². The minimum Gasteiger partial charge on any atom is -0.444 e. The smallest absolute Gasteiger partial charge is 0.413 e. The normalized spacial score (nSPS) is 11.5. The summed E-state index contributed by atoms with van der Waals surface area (Å²) in [6, 6.07) is 0. The first-order valence-corrected chi connectivity index (χ1v) is 7.24. The van der Waals surface area contributed by atoms with Gasteiger partial charge in [-0.1, -0.05) is 11.3 Å². The number of nitrogens with zero attached hydrogens (tertiary/aromatic N) is 3. The molecule has 114 valence electrons. The highest BCUT2D eigenvalue weighted by Gasteiger charge is 2.20. The van der Waals surface area contributed by atoms with Crippen LogP contribution in [0.1, 0.15) is 26.5 Å². The van der Waals surface area contributed by atoms with E-state index in [2.05, 4.69) is 15.4 Å². The van der Waals surface area contributed by atoms with E-state index in [4.69, 9.17) is 10.5 Å². The second-order valence-electron chi connectivity index (χ2n) is 5.63. The molecule has 8 heteroatoms. The Hall–Kier alpha value is -2.09. The summed E-state index contributed by atoms with van der Waals surface area (Å²) >= 11 is 1.34. The van der Waals surface area contributed by atoms with Gasteiger partial charge in [-0.15, -0.1) is 0 Å². The van der Waals surface area contributed by atoms with Crippen LogP contribution in [-0.2, 0) is 11.8 Å². The maximum atomic E-state index is 11.8. The van der Waals surface area contributed by atoms with Gasteiger partial charge in [-0.2, -0.15) is 5.10 Å². The van der Waals surface area contributed by atoms with Gasteiger partial charge in [0.1, 0.15) is 11.3 Å². The van der Waals surface area contributed by atoms with Gasteiger partial charge < -0.3 is 10.5 Å². The Morgan fingerprint density at radius 1 is 1.48 bits per heavy atom. The molecule has 0 unspecified atom stereocenters. The Morgan fingerprint density at radius 2 is 2.14 bits per heavy atom. The molecule has 0 aliphatic heterocycles. The molecule has 0 saturated carbocycles. The number of hydrogen-bond donors (Lipinski definition) is 2. The molecule has 0 radical (unpaired) electrons. The van der Waals surface area contributed by atoms with Crippen LogP contribution < -0.4 is 11.1 Å². The molecule has 0 saturated heterocycles. The van der Waals surface area contributed by atoms with Gasteiger partial charge in [0.25, 0.3) is 0 Å². The van der Waals surface area contributed by atoms with Crippen molar-refractivity contribution in [3.63, 3.8) is 0 Å². The minimum absolute atomic E-state index is 0.470. The van der Waals surface area contributed by atoms with Crippen molar-refractivity contribution in [3.8, 4) is 10.6 Å². The average Bonchev–Trinajstić information content (AvgIpc) is 2.80. The Balaban J connectivity index is 2.23. The number of thiazole rings is 1. The van der Waals surface area contributed by atoms with E-state index < -0.39 is 11.7 Å². The number of aromatic nitrogens is 3. The number of hydrogen-bond acceptors (Lipinski definition) is 6. The summed E-state index contributed by atoms with van der Waals surface area (Å²) in [5.41, 5.74) is 7.52. The number of carbonyl (C=O) groups excluding carboxylic acids is 1. The van der Waals surface area contributed by atoms with Crippen LogP contribution in [0.3, 0.4) is 0 Å². The lowest BCUT2D eigenvalue weighted by Crippen LogP contribution is -2.27. The largest absolute Gasteiger partial charge is 0.444 e. The Kier molecular flexibility index (Phi) is 3.91. The zero-order chi connectivity index (χ0) is 15.8. The van der Waals surface area contributed by atoms with E-state index in [1.165, 1.54) is 11.3 Å². The van der Waals surface area contributed by atoms with Crippen LogP contribution in [0.5, 0.6) is 0 Å². The molecule has 0 atom stereocenters. The summed E-state index contributed by atoms with van der Waals surface area (Å²) in [7, 11) is 1.81. The van der Waals surface area contributed by atoms with E-state index >= 15 is 0 Å². The van der Waals surface area contributed by atoms with E-state index in [0.29, 0.717) is 10.8 Å². The third kappa shape index (κ3) is 3.52. The van der Waals surface area contributed by atoms with E-state index in [0.717, 1.165) is 16.3 Å². The molecule has 7 nitrogen and oxygen atoms in total. The van der Waals surface area contributed by atoms with Crippen molar-refractivity contribution >= 4 is 28.2 Å². The fourth-order valence-electron chi connectivity index (χ4n) is 1.79. The second kappa shape index (κ2) is 5.36. The van der Waals surface area contributed by atoms with Gasteiger partial charge in [-0.05, 0) is 27.7 Å². The van der Waals surface area contributed by atoms with Crippen LogP contribution >= 0.6 is 11.3 Å². The zero-order valence-corrected chi connectivity index (χ0v) is 13.5. The number of carbonyl (C=O) groups is 1. The van der Waals surface area contributed by atoms with Crippen molar-refractivity contribution in [2.45, 2.75) is 33.3 Å². The zero-order valence-electron chi connectivity index (χ0n) is 12.7. The molecule has 2 aromatic heterocycles. The van der Waals surface area contributed by atoms with Gasteiger partial charge in [0, 0.05) is 7.05 Å². The standard InChI is InChI=1S/C13H19N5O2S/c1-7-10(9-8(14)6-15-18(9)5)21-11(16-7)17-12(19)20-13(2,3)4/h6H,14H2,1-5H3,(H,16,17,19). The van der Waals surface area contributed by atoms with Gasteiger partial charge in [-0.25, -0.2) is 9.78 Å². The molecule has 0 aliphatic carbocycles. The predicted octanol–water partition coefficient (Wildman–Crippen LogP) is 2.78. The SMILES string of the molecule is Cc1nc(NC(=O)OC(C)(C)C)sc1-c1c(N)cnn1C. The number of ether oxygens (including phenoxy) is 1. The first-order chi connectivity index (χ1) is 9.67. The summed E-state index contributed by atoms with van der Waals surface area (Å²) in [5, 5.41) is 7.22. The van der Waals surface area contributed by atoms with Crippen LogP contribution in [0.4, 0.5) is 15.6 Å². The van der Waals surface area contributed by atoms with Crippen LogP contribution in [0.15, 0.2) is 6.20 Å². The fourth-order valence-corrected chi connectivity index (χ4v) is 2.84. The maximum Gasteiger partial charge on any atom is 0.413 e. The molecule has 1 amide bonds. The number of anilines is 2. The molecule has 21 heavy (non-hydrogen) atoms. The molecule has 2 heterocycles. The van der Waals surface area contributed by atoms with Crippen molar-refractivity contribution in [1.82, 2.24) is 14.8 Å². The number of amides is 1. The molecule has 0 aromatic carbocycles. The minimum atomic E-state index is -0.550. The maximum absolute atomic E-state index is 11.8. The van der Waals surface area contributed by atoms with Crippen LogP contribution in [0.2, 0.25) is 0 Å². The summed E-state index contributed by atoms with van der Waals surface area (Å²) in [6.45, 7) is 7.28. The molecular formula is C13H19N5O2S. The summed E-state index contributed by atoms with van der Waals surface area (Å²) < 4.78 is 6.89. The average molecular weight is 309 g/mol. The summed E-state index contributed by atoms with van der Waals surface area (Å²) in [5.74, 6) is 0. The highest BCUT2D eigenvalue weighted by atomic mass is 32.1. The van der Waals surface area contributed by atoms with Crippen molar-refractivity contribution in [2.75, 3.05) is 11.1 Å². The molecule has 2 rings (SSSR count). The Bertz CT molecular complexity index is 649. The topological polar surface area (TPSA) is 95.1 Å². The van der Waals surface area contributed by atoms with E-state index in [1.54, 1.807) is 31.6 Å². The highest BCUT2D eigenvalue weighted by molar-refractivity contribution is 7.19. The van der Waals surface area contributed by atoms with Gasteiger partial charge in [0.05, 0.1) is 22.5 Å². The lowest BCUT2D eigenvalue weighted by Gasteiger charge is -2.18. The van der Waals surface area contributed by atoms with Crippen molar-refractivity contribution in [1.29, 1.82) is 0 Å². The van der Waals surface area contributed by atoms with Gasteiger partial charge in [0.2, 0.25) is 0 Å². The van der Waals surface area contributed by atoms with Gasteiger partial charge >= 0.3 is 6.09 Å². The molecular weight excluding hydrogens is 290 g/mol. The molecule has 0 aliphatic rings. The second-order valence-corrected chi connectivity index (χ2v) is 6.63. The number of nitrogen functional groups attached to an aromatic ring is 1. The van der Waals surface area contributed by atoms with Crippen LogP contribution in [0, 0.1) is 6.92 Å². The summed E-state index contributed by atoms with van der Waals surface area (Å²) in [6.07, 6.45) is 1.07. The Labute approximate surface area is 127 Å². The third-order valence-corrected chi connectivity index (χ3v) is 3.67. The van der Waals surface area contributed by atoms with Crippen molar-refractivity contribution in [2.24, 2.45) is 7.05 Å². The highest BCUT2D eigenvalue weighted by Crippen LogP contribution is 2.35. The van der Waals surface area contributed by atoms with Crippen LogP contribution in [-0.4, -0.2) is 26.5 Å². The Morgan fingerprint density at radius 3 is 2.67 bits per heavy atom. The van der Waals surface area contributed by atoms with E-state index in [-0.39, 0.29) is 0 Å². The summed E-state index contributed by atoms with van der Waals surface area (Å²) in [4.78, 5) is 17.0. The number of aryl methyl sites for hydroxylation is 2. The predicted molar refractivity (Wildman–Crippen MR) is 83.3 cm³/mol. The number of nitrogens with one attached hydrogen (secondary N) is 1. The quantitative estimate of drug-likeness (QED) is 0.889.